The second-order valence-corrected chi connectivity index (χ2v) is 7.86. The number of phenolic OH excluding ortho intramolecular Hbond substituents is 1. The molecule has 2 aliphatic rings. The van der Waals surface area contributed by atoms with Crippen LogP contribution in [0.1, 0.15) is 11.1 Å². The summed E-state index contributed by atoms with van der Waals surface area (Å²) in [5.74, 6) is -1.66. The molecule has 1 unspecified atom stereocenters. The normalized spacial score (nSPS) is 19.3. The molecule has 0 saturated carbocycles. The lowest BCUT2D eigenvalue weighted by Crippen LogP contribution is -2.44. The molecule has 1 saturated heterocycles. The third-order valence-corrected chi connectivity index (χ3v) is 5.59. The fourth-order valence-corrected chi connectivity index (χ4v) is 4.02. The number of benzene rings is 1. The van der Waals surface area contributed by atoms with Crippen LogP contribution in [0, 0.1) is 5.82 Å². The third-order valence-electron chi connectivity index (χ3n) is 4.47. The molecule has 3 amide bonds. The van der Waals surface area contributed by atoms with Gasteiger partial charge in [0.15, 0.2) is 5.82 Å². The summed E-state index contributed by atoms with van der Waals surface area (Å²) in [4.78, 5) is 27.2. The molecule has 3 N–H and O–H groups in total. The van der Waals surface area contributed by atoms with Crippen LogP contribution in [0.2, 0.25) is 0 Å². The molecule has 1 aromatic rings. The van der Waals surface area contributed by atoms with Crippen LogP contribution in [-0.4, -0.2) is 71.3 Å². The minimum Gasteiger partial charge on any atom is -0.506 e. The molecule has 2 aliphatic heterocycles. The topological polar surface area (TPSA) is 105 Å². The lowest BCUT2D eigenvalue weighted by Gasteiger charge is -2.31. The molecular formula is C16H22FN5O4S. The lowest BCUT2D eigenvalue weighted by molar-refractivity contribution is -0.117. The number of carbonyl (C=O) groups excluding carboxylic acids is 2. The number of hydrogen-bond donors (Lipinski definition) is 3. The van der Waals surface area contributed by atoms with Crippen molar-refractivity contribution >= 4 is 28.8 Å². The number of urea groups is 1. The van der Waals surface area contributed by atoms with Crippen molar-refractivity contribution in [1.82, 2.24) is 19.8 Å². The second kappa shape index (κ2) is 7.69. The lowest BCUT2D eigenvalue weighted by atomic mass is 9.97. The molecule has 11 heteroatoms. The zero-order valence-electron chi connectivity index (χ0n) is 15.1. The number of amides is 3. The monoisotopic (exact) mass is 399 g/mol. The average molecular weight is 399 g/mol. The standard InChI is InChI=1S/C16H22FN5O4S/c1-20(2)6-4-18-16(25)21-5-3-10-7-12(23)15(14(17)11(10)8-21)22-9-13(24)19-27(22)26/h7,23H,3-6,8-9H2,1-2H3,(H,18,25)(H,19,24). The summed E-state index contributed by atoms with van der Waals surface area (Å²) in [5.41, 5.74) is 0.559. The van der Waals surface area contributed by atoms with Gasteiger partial charge in [0.2, 0.25) is 11.2 Å². The molecule has 1 aromatic carbocycles. The fourth-order valence-electron chi connectivity index (χ4n) is 3.08. The van der Waals surface area contributed by atoms with Gasteiger partial charge < -0.3 is 20.2 Å². The average Bonchev–Trinajstić information content (AvgIpc) is 2.92. The van der Waals surface area contributed by atoms with Crippen molar-refractivity contribution in [1.29, 1.82) is 0 Å². The maximum atomic E-state index is 15.1. The molecule has 3 rings (SSSR count). The van der Waals surface area contributed by atoms with Gasteiger partial charge in [0.25, 0.3) is 5.91 Å². The van der Waals surface area contributed by atoms with Crippen molar-refractivity contribution in [3.63, 3.8) is 0 Å². The van der Waals surface area contributed by atoms with Gasteiger partial charge in [-0.1, -0.05) is 0 Å². The van der Waals surface area contributed by atoms with Crippen LogP contribution < -0.4 is 14.3 Å². The van der Waals surface area contributed by atoms with E-state index in [2.05, 4.69) is 10.0 Å². The summed E-state index contributed by atoms with van der Waals surface area (Å²) in [5, 5.41) is 13.0. The number of fused-ring (bicyclic) bond motifs is 1. The van der Waals surface area contributed by atoms with Gasteiger partial charge in [-0.25, -0.2) is 13.4 Å². The first kappa shape index (κ1) is 19.4. The summed E-state index contributed by atoms with van der Waals surface area (Å²) in [7, 11) is 3.79. The maximum Gasteiger partial charge on any atom is 0.317 e. The summed E-state index contributed by atoms with van der Waals surface area (Å²) in [6, 6.07) is 1.12. The summed E-state index contributed by atoms with van der Waals surface area (Å²) < 4.78 is 30.2. The van der Waals surface area contributed by atoms with Crippen molar-refractivity contribution < 1.29 is 23.3 Å². The highest BCUT2D eigenvalue weighted by atomic mass is 32.2. The summed E-state index contributed by atoms with van der Waals surface area (Å²) in [6.07, 6.45) is 0.390. The Hall–Kier alpha value is -2.40. The van der Waals surface area contributed by atoms with Crippen molar-refractivity contribution in [3.05, 3.63) is 23.0 Å². The van der Waals surface area contributed by atoms with E-state index in [0.29, 0.717) is 31.6 Å². The zero-order chi connectivity index (χ0) is 19.7. The number of likely N-dealkylation sites (N-methyl/N-ethyl adjacent to an activating group) is 1. The second-order valence-electron chi connectivity index (χ2n) is 6.71. The number of phenols is 1. The van der Waals surface area contributed by atoms with Gasteiger partial charge in [0.1, 0.15) is 18.0 Å². The van der Waals surface area contributed by atoms with Crippen molar-refractivity contribution in [2.24, 2.45) is 0 Å². The Morgan fingerprint density at radius 2 is 2.19 bits per heavy atom. The van der Waals surface area contributed by atoms with E-state index in [4.69, 9.17) is 0 Å². The zero-order valence-corrected chi connectivity index (χ0v) is 15.9. The number of nitrogens with one attached hydrogen (secondary N) is 2. The van der Waals surface area contributed by atoms with Crippen LogP contribution in [0.5, 0.6) is 5.75 Å². The highest BCUT2D eigenvalue weighted by Crippen LogP contribution is 2.38. The van der Waals surface area contributed by atoms with Crippen LogP contribution in [0.3, 0.4) is 0 Å². The number of nitrogens with zero attached hydrogens (tertiary/aromatic N) is 3. The van der Waals surface area contributed by atoms with E-state index in [1.807, 2.05) is 19.0 Å². The Kier molecular flexibility index (Phi) is 5.51. The molecule has 0 radical (unpaired) electrons. The number of rotatable bonds is 4. The Labute approximate surface area is 158 Å². The highest BCUT2D eigenvalue weighted by molar-refractivity contribution is 7.85. The van der Waals surface area contributed by atoms with E-state index in [0.717, 1.165) is 4.31 Å². The highest BCUT2D eigenvalue weighted by Gasteiger charge is 2.34. The van der Waals surface area contributed by atoms with Crippen LogP contribution in [0.15, 0.2) is 6.07 Å². The van der Waals surface area contributed by atoms with Crippen molar-refractivity contribution in [2.75, 3.05) is 44.6 Å². The van der Waals surface area contributed by atoms with Crippen LogP contribution >= 0.6 is 0 Å². The van der Waals surface area contributed by atoms with E-state index in [1.165, 1.54) is 11.0 Å². The van der Waals surface area contributed by atoms with Crippen molar-refractivity contribution in [3.8, 4) is 5.75 Å². The van der Waals surface area contributed by atoms with Gasteiger partial charge >= 0.3 is 6.03 Å². The van der Waals surface area contributed by atoms with Gasteiger partial charge in [-0.3, -0.25) is 13.8 Å². The van der Waals surface area contributed by atoms with Gasteiger partial charge in [0.05, 0.1) is 6.54 Å². The molecule has 9 nitrogen and oxygen atoms in total. The Morgan fingerprint density at radius 1 is 1.44 bits per heavy atom. The van der Waals surface area contributed by atoms with Crippen LogP contribution in [0.25, 0.3) is 0 Å². The molecule has 2 heterocycles. The number of halogens is 1. The first-order valence-corrected chi connectivity index (χ1v) is 9.58. The summed E-state index contributed by atoms with van der Waals surface area (Å²) in [6.45, 7) is 1.27. The molecule has 1 fully saturated rings. The van der Waals surface area contributed by atoms with Crippen LogP contribution in [0.4, 0.5) is 14.9 Å². The number of anilines is 1. The van der Waals surface area contributed by atoms with E-state index < -0.39 is 22.9 Å². The smallest absolute Gasteiger partial charge is 0.317 e. The van der Waals surface area contributed by atoms with Crippen molar-refractivity contribution in [2.45, 2.75) is 13.0 Å². The number of aromatic hydroxyl groups is 1. The first-order chi connectivity index (χ1) is 12.8. The Bertz CT molecular complexity index is 804. The minimum atomic E-state index is -1.95. The van der Waals surface area contributed by atoms with E-state index >= 15 is 4.39 Å². The quantitative estimate of drug-likeness (QED) is 0.643. The number of hydrogen-bond acceptors (Lipinski definition) is 5. The molecule has 148 valence electrons. The van der Waals surface area contributed by atoms with E-state index in [1.54, 1.807) is 0 Å². The molecule has 27 heavy (non-hydrogen) atoms. The molecule has 1 atom stereocenters. The predicted molar refractivity (Wildman–Crippen MR) is 97.8 cm³/mol. The third kappa shape index (κ3) is 3.98. The maximum absolute atomic E-state index is 15.1. The Balaban J connectivity index is 1.81. The van der Waals surface area contributed by atoms with Gasteiger partial charge in [-0.05, 0) is 32.1 Å². The Morgan fingerprint density at radius 3 is 2.81 bits per heavy atom. The molecule has 0 spiro atoms. The minimum absolute atomic E-state index is 0.0318. The van der Waals surface area contributed by atoms with Crippen LogP contribution in [-0.2, 0) is 28.9 Å². The van der Waals surface area contributed by atoms with E-state index in [9.17, 15) is 18.9 Å². The largest absolute Gasteiger partial charge is 0.506 e. The summed E-state index contributed by atoms with van der Waals surface area (Å²) >= 11 is -1.95. The van der Waals surface area contributed by atoms with E-state index in [-0.39, 0.29) is 36.1 Å². The first-order valence-electron chi connectivity index (χ1n) is 8.47. The number of carbonyl (C=O) groups is 2. The molecule has 0 aliphatic carbocycles. The van der Waals surface area contributed by atoms with Gasteiger partial charge in [0, 0.05) is 25.2 Å². The predicted octanol–water partition coefficient (Wildman–Crippen LogP) is -0.324. The fraction of sp³-hybridized carbons (Fsp3) is 0.500. The molecular weight excluding hydrogens is 377 g/mol. The SMILES string of the molecule is CN(C)CCNC(=O)N1CCc2cc(O)c(N3CC(=O)NS3=O)c(F)c2C1. The van der Waals surface area contributed by atoms with Gasteiger partial charge in [-0.15, -0.1) is 0 Å². The molecule has 0 aromatic heterocycles. The van der Waals surface area contributed by atoms with Gasteiger partial charge in [-0.2, -0.15) is 0 Å². The molecule has 0 bridgehead atoms.